The number of ether oxygens (including phenoxy) is 6. The van der Waals surface area contributed by atoms with Gasteiger partial charge in [0.25, 0.3) is 0 Å². The highest BCUT2D eigenvalue weighted by molar-refractivity contribution is 7.89. The van der Waals surface area contributed by atoms with Gasteiger partial charge in [0.2, 0.25) is 16.8 Å². The van der Waals surface area contributed by atoms with Gasteiger partial charge >= 0.3 is 12.2 Å². The summed E-state index contributed by atoms with van der Waals surface area (Å²) in [6.07, 6.45) is 0.304. The third-order valence-electron chi connectivity index (χ3n) is 9.32. The fraction of sp³-hybridized carbons (Fsp3) is 0.611. The maximum absolute atomic E-state index is 14.3. The Balaban J connectivity index is 1.31. The Bertz CT molecular complexity index is 1560. The van der Waals surface area contributed by atoms with Crippen molar-refractivity contribution in [1.82, 2.24) is 14.9 Å². The molecule has 3 aliphatic heterocycles. The molecule has 2 aromatic carbocycles. The molecule has 15 heteroatoms. The van der Waals surface area contributed by atoms with Crippen LogP contribution in [0.3, 0.4) is 0 Å². The number of fused-ring (bicyclic) bond motifs is 2. The Morgan fingerprint density at radius 3 is 2.63 bits per heavy atom. The quantitative estimate of drug-likeness (QED) is 0.188. The van der Waals surface area contributed by atoms with Crippen LogP contribution in [0.4, 0.5) is 9.59 Å². The van der Waals surface area contributed by atoms with Crippen LogP contribution in [0.15, 0.2) is 53.4 Å². The van der Waals surface area contributed by atoms with Crippen LogP contribution in [0.2, 0.25) is 0 Å². The lowest BCUT2D eigenvalue weighted by Crippen LogP contribution is -2.52. The van der Waals surface area contributed by atoms with E-state index < -0.39 is 52.2 Å². The van der Waals surface area contributed by atoms with E-state index in [1.165, 1.54) is 16.4 Å². The van der Waals surface area contributed by atoms with E-state index in [2.05, 4.69) is 10.6 Å². The molecule has 2 aromatic rings. The molecule has 0 aliphatic carbocycles. The van der Waals surface area contributed by atoms with Crippen LogP contribution < -0.4 is 20.1 Å². The molecule has 14 nitrogen and oxygen atoms in total. The van der Waals surface area contributed by atoms with E-state index in [-0.39, 0.29) is 43.7 Å². The Labute approximate surface area is 300 Å². The summed E-state index contributed by atoms with van der Waals surface area (Å²) in [5.74, 6) is 0.681. The minimum absolute atomic E-state index is 0.0151. The van der Waals surface area contributed by atoms with Crippen molar-refractivity contribution in [3.63, 3.8) is 0 Å². The highest BCUT2D eigenvalue weighted by atomic mass is 32.2. The number of unbranched alkanes of at least 4 members (excludes halogenated alkanes) is 1. The summed E-state index contributed by atoms with van der Waals surface area (Å²) in [5, 5.41) is 17.4. The van der Waals surface area contributed by atoms with Crippen LogP contribution in [0.5, 0.6) is 11.5 Å². The van der Waals surface area contributed by atoms with Crippen LogP contribution in [0.1, 0.15) is 58.4 Å². The molecule has 5 atom stereocenters. The molecular formula is C36H51N3O11S. The smallest absolute Gasteiger partial charge is 0.407 e. The number of alkyl carbamates (subject to hydrolysis) is 2. The van der Waals surface area contributed by atoms with Crippen LogP contribution in [0, 0.1) is 11.3 Å². The summed E-state index contributed by atoms with van der Waals surface area (Å²) in [4.78, 5) is 25.3. The highest BCUT2D eigenvalue weighted by Gasteiger charge is 2.44. The van der Waals surface area contributed by atoms with Gasteiger partial charge in [-0.15, -0.1) is 0 Å². The number of hydrogen-bond acceptors (Lipinski definition) is 11. The predicted octanol–water partition coefficient (Wildman–Crippen LogP) is 4.20. The van der Waals surface area contributed by atoms with Gasteiger partial charge in [0.1, 0.15) is 6.10 Å². The van der Waals surface area contributed by atoms with Gasteiger partial charge in [-0.3, -0.25) is 0 Å². The molecule has 2 fully saturated rings. The van der Waals surface area contributed by atoms with E-state index in [1.54, 1.807) is 6.07 Å². The number of nitrogens with zero attached hydrogens (tertiary/aromatic N) is 1. The maximum Gasteiger partial charge on any atom is 0.407 e. The lowest BCUT2D eigenvalue weighted by atomic mass is 9.87. The fourth-order valence-corrected chi connectivity index (χ4v) is 8.13. The first-order chi connectivity index (χ1) is 24.4. The van der Waals surface area contributed by atoms with E-state index >= 15 is 0 Å². The largest absolute Gasteiger partial charge is 0.454 e. The molecule has 3 N–H and O–H groups in total. The molecule has 5 rings (SSSR count). The topological polar surface area (TPSA) is 171 Å². The second-order valence-corrected chi connectivity index (χ2v) is 15.9. The zero-order valence-corrected chi connectivity index (χ0v) is 30.4. The number of carbonyl (C=O) groups excluding carboxylic acids is 2. The van der Waals surface area contributed by atoms with Gasteiger partial charge < -0.3 is 44.2 Å². The van der Waals surface area contributed by atoms with Gasteiger partial charge in [0.15, 0.2) is 17.8 Å². The minimum Gasteiger partial charge on any atom is -0.454 e. The molecule has 0 aromatic heterocycles. The molecule has 3 aliphatic rings. The van der Waals surface area contributed by atoms with Gasteiger partial charge in [-0.25, -0.2) is 18.0 Å². The second-order valence-electron chi connectivity index (χ2n) is 14.0. The van der Waals surface area contributed by atoms with E-state index in [0.29, 0.717) is 50.5 Å². The number of rotatable bonds is 18. The highest BCUT2D eigenvalue weighted by Crippen LogP contribution is 2.36. The number of carbonyl (C=O) groups is 2. The first-order valence-electron chi connectivity index (χ1n) is 17.7. The van der Waals surface area contributed by atoms with Gasteiger partial charge in [-0.05, 0) is 55.2 Å². The molecule has 51 heavy (non-hydrogen) atoms. The Kier molecular flexibility index (Phi) is 13.4. The van der Waals surface area contributed by atoms with E-state index in [4.69, 9.17) is 28.4 Å². The zero-order chi connectivity index (χ0) is 36.4. The van der Waals surface area contributed by atoms with Crippen molar-refractivity contribution < 1.29 is 51.5 Å². The van der Waals surface area contributed by atoms with Gasteiger partial charge in [0, 0.05) is 25.7 Å². The molecular weight excluding hydrogens is 682 g/mol. The Morgan fingerprint density at radius 1 is 1.06 bits per heavy atom. The van der Waals surface area contributed by atoms with E-state index in [1.807, 2.05) is 51.1 Å². The van der Waals surface area contributed by atoms with Gasteiger partial charge in [-0.2, -0.15) is 4.31 Å². The van der Waals surface area contributed by atoms with Crippen molar-refractivity contribution in [2.24, 2.45) is 11.3 Å². The summed E-state index contributed by atoms with van der Waals surface area (Å²) >= 11 is 0. The molecule has 0 bridgehead atoms. The number of hydrogen-bond donors (Lipinski definition) is 3. The normalized spacial score (nSPS) is 20.8. The predicted molar refractivity (Wildman–Crippen MR) is 186 cm³/mol. The third kappa shape index (κ3) is 10.7. The summed E-state index contributed by atoms with van der Waals surface area (Å²) in [6.45, 7) is 7.02. The average molecular weight is 734 g/mol. The van der Waals surface area contributed by atoms with Crippen molar-refractivity contribution in [3.8, 4) is 11.5 Å². The number of benzene rings is 2. The molecule has 0 unspecified atom stereocenters. The minimum atomic E-state index is -4.20. The summed E-state index contributed by atoms with van der Waals surface area (Å²) in [6, 6.07) is 12.8. The van der Waals surface area contributed by atoms with Crippen molar-refractivity contribution in [3.05, 3.63) is 54.1 Å². The molecule has 2 saturated heterocycles. The first-order valence-corrected chi connectivity index (χ1v) is 19.1. The molecule has 0 radical (unpaired) electrons. The van der Waals surface area contributed by atoms with E-state index in [0.717, 1.165) is 18.4 Å². The summed E-state index contributed by atoms with van der Waals surface area (Å²) < 4.78 is 62.8. The van der Waals surface area contributed by atoms with E-state index in [9.17, 15) is 23.1 Å². The standard InChI is InChI=1S/C36H51N3O11S/c1-4-5-17-46-34(41)37-16-9-15-36(2,3)23-39(51(43,44)26-12-13-30-31(20-26)49-24-48-30)21-29(40)28(19-25-10-7-6-8-11-25)38-35(42)50-32-22-47-33-27(32)14-18-45-33/h6-8,10-13,20,27-29,32-33,40H,4-5,9,14-19,21-24H2,1-3H3,(H,37,41)(H,38,42)/t27-,28-,29+,32-,33+/m0/s1. The molecule has 0 spiro atoms. The van der Waals surface area contributed by atoms with Crippen molar-refractivity contribution in [1.29, 1.82) is 0 Å². The lowest BCUT2D eigenvalue weighted by molar-refractivity contribution is -0.0907. The molecule has 3 heterocycles. The number of amides is 2. The van der Waals surface area contributed by atoms with Crippen LogP contribution in [-0.2, 0) is 35.4 Å². The maximum atomic E-state index is 14.3. The third-order valence-corrected chi connectivity index (χ3v) is 11.1. The van der Waals surface area contributed by atoms with Crippen molar-refractivity contribution >= 4 is 22.2 Å². The van der Waals surface area contributed by atoms with Crippen LogP contribution >= 0.6 is 0 Å². The van der Waals surface area contributed by atoms with Crippen LogP contribution in [-0.4, -0.2) is 101 Å². The zero-order valence-electron chi connectivity index (χ0n) is 29.6. The molecule has 2 amide bonds. The monoisotopic (exact) mass is 733 g/mol. The molecule has 0 saturated carbocycles. The SMILES string of the molecule is CCCCOC(=O)NCCCC(C)(C)CN(C[C@@H](O)[C@H](Cc1ccccc1)NC(=O)O[C@H]1CO[C@H]2OCC[C@H]21)S(=O)(=O)c1ccc2c(c1)OCO2. The Morgan fingerprint density at radius 2 is 1.84 bits per heavy atom. The number of aliphatic hydroxyl groups excluding tert-OH is 1. The lowest BCUT2D eigenvalue weighted by Gasteiger charge is -2.35. The second kappa shape index (κ2) is 17.7. The Hall–Kier alpha value is -3.63. The van der Waals surface area contributed by atoms with Crippen molar-refractivity contribution in [2.45, 2.75) is 88.7 Å². The fourth-order valence-electron chi connectivity index (χ4n) is 6.47. The van der Waals surface area contributed by atoms with Gasteiger partial charge in [0.05, 0.1) is 42.8 Å². The first kappa shape index (κ1) is 38.6. The number of aliphatic hydroxyl groups is 1. The summed E-state index contributed by atoms with van der Waals surface area (Å²) in [7, 11) is -4.20. The summed E-state index contributed by atoms with van der Waals surface area (Å²) in [5.41, 5.74) is 0.252. The van der Waals surface area contributed by atoms with Crippen LogP contribution in [0.25, 0.3) is 0 Å². The number of nitrogens with one attached hydrogen (secondary N) is 2. The van der Waals surface area contributed by atoms with Gasteiger partial charge in [-0.1, -0.05) is 57.5 Å². The average Bonchev–Trinajstić information content (AvgIpc) is 3.85. The number of sulfonamides is 1. The molecule has 282 valence electrons. The van der Waals surface area contributed by atoms with Crippen molar-refractivity contribution in [2.75, 3.05) is 46.2 Å².